The Morgan fingerprint density at radius 1 is 1.03 bits per heavy atom. The number of carbonyl (C=O) groups is 2. The van der Waals surface area contributed by atoms with Gasteiger partial charge in [0.25, 0.3) is 0 Å². The lowest BCUT2D eigenvalue weighted by molar-refractivity contribution is -0.123. The normalized spacial score (nSPS) is 14.9. The molecule has 2 aromatic carbocycles. The molecule has 30 heavy (non-hydrogen) atoms. The summed E-state index contributed by atoms with van der Waals surface area (Å²) >= 11 is 6.02. The highest BCUT2D eigenvalue weighted by molar-refractivity contribution is 6.30. The maximum atomic E-state index is 12.4. The molecule has 0 unspecified atom stereocenters. The molecule has 160 valence electrons. The summed E-state index contributed by atoms with van der Waals surface area (Å²) in [7, 11) is 1.55. The lowest BCUT2D eigenvalue weighted by Gasteiger charge is -2.31. The molecule has 3 N–H and O–H groups in total. The van der Waals surface area contributed by atoms with Crippen LogP contribution in [0, 0.1) is 6.92 Å². The summed E-state index contributed by atoms with van der Waals surface area (Å²) in [5.74, 6) is 0.0511. The summed E-state index contributed by atoms with van der Waals surface area (Å²) in [5, 5.41) is 9.58. The number of hydrogen-bond acceptors (Lipinski definition) is 4. The zero-order chi connectivity index (χ0) is 21.6. The molecule has 0 aliphatic heterocycles. The average molecular weight is 430 g/mol. The summed E-state index contributed by atoms with van der Waals surface area (Å²) < 4.78 is 5.26. The summed E-state index contributed by atoms with van der Waals surface area (Å²) in [6, 6.07) is 13.3. The van der Waals surface area contributed by atoms with Gasteiger partial charge in [-0.15, -0.1) is 0 Å². The maximum absolute atomic E-state index is 12.4. The van der Waals surface area contributed by atoms with Crippen LogP contribution in [0.5, 0.6) is 5.75 Å². The second-order valence-electron chi connectivity index (χ2n) is 7.68. The maximum Gasteiger partial charge on any atom is 0.243 e. The minimum Gasteiger partial charge on any atom is -0.495 e. The van der Waals surface area contributed by atoms with E-state index in [0.29, 0.717) is 16.5 Å². The van der Waals surface area contributed by atoms with E-state index in [9.17, 15) is 9.59 Å². The lowest BCUT2D eigenvalue weighted by Crippen LogP contribution is -2.46. The average Bonchev–Trinajstić information content (AvgIpc) is 3.21. The minimum atomic E-state index is -0.305. The SMILES string of the molecule is COc1ccc(C)cc1NC(=O)CNC(=O)CNC1(c2ccc(Cl)cc2)CCCC1. The molecular formula is C23H28ClN3O3. The summed E-state index contributed by atoms with van der Waals surface area (Å²) in [6.07, 6.45) is 4.15. The molecule has 1 saturated carbocycles. The van der Waals surface area contributed by atoms with Gasteiger partial charge in [0, 0.05) is 10.6 Å². The van der Waals surface area contributed by atoms with Crippen LogP contribution in [0.4, 0.5) is 5.69 Å². The Kier molecular flexibility index (Phi) is 7.34. The number of nitrogens with one attached hydrogen (secondary N) is 3. The fourth-order valence-electron chi connectivity index (χ4n) is 3.92. The van der Waals surface area contributed by atoms with Gasteiger partial charge in [-0.05, 0) is 55.2 Å². The molecule has 1 aliphatic rings. The van der Waals surface area contributed by atoms with Crippen molar-refractivity contribution in [2.24, 2.45) is 0 Å². The minimum absolute atomic E-state index is 0.106. The van der Waals surface area contributed by atoms with Gasteiger partial charge in [-0.2, -0.15) is 0 Å². The van der Waals surface area contributed by atoms with Crippen LogP contribution >= 0.6 is 11.6 Å². The molecule has 1 aliphatic carbocycles. The van der Waals surface area contributed by atoms with Crippen molar-refractivity contribution in [3.8, 4) is 5.75 Å². The topological polar surface area (TPSA) is 79.5 Å². The van der Waals surface area contributed by atoms with Crippen LogP contribution in [0.2, 0.25) is 5.02 Å². The smallest absolute Gasteiger partial charge is 0.243 e. The lowest BCUT2D eigenvalue weighted by atomic mass is 9.88. The van der Waals surface area contributed by atoms with Crippen LogP contribution in [0.25, 0.3) is 0 Å². The first-order valence-electron chi connectivity index (χ1n) is 10.1. The van der Waals surface area contributed by atoms with Crippen LogP contribution < -0.4 is 20.7 Å². The molecule has 6 nitrogen and oxygen atoms in total. The van der Waals surface area contributed by atoms with Crippen molar-refractivity contribution < 1.29 is 14.3 Å². The molecule has 3 rings (SSSR count). The Hall–Kier alpha value is -2.57. The number of amides is 2. The van der Waals surface area contributed by atoms with Gasteiger partial charge in [0.2, 0.25) is 11.8 Å². The summed E-state index contributed by atoms with van der Waals surface area (Å²) in [4.78, 5) is 24.6. The Bertz CT molecular complexity index is 893. The number of ether oxygens (including phenoxy) is 1. The summed E-state index contributed by atoms with van der Waals surface area (Å²) in [6.45, 7) is 1.97. The van der Waals surface area contributed by atoms with E-state index < -0.39 is 0 Å². The zero-order valence-corrected chi connectivity index (χ0v) is 18.1. The first kappa shape index (κ1) is 22.1. The van der Waals surface area contributed by atoms with Gasteiger partial charge >= 0.3 is 0 Å². The van der Waals surface area contributed by atoms with E-state index in [-0.39, 0.29) is 30.4 Å². The summed E-state index contributed by atoms with van der Waals surface area (Å²) in [5.41, 5.74) is 2.51. The highest BCUT2D eigenvalue weighted by atomic mass is 35.5. The van der Waals surface area contributed by atoms with Gasteiger partial charge in [-0.25, -0.2) is 0 Å². The number of carbonyl (C=O) groups excluding carboxylic acids is 2. The van der Waals surface area contributed by atoms with Gasteiger partial charge in [-0.3, -0.25) is 14.9 Å². The Morgan fingerprint density at radius 3 is 2.40 bits per heavy atom. The molecule has 0 aromatic heterocycles. The van der Waals surface area contributed by atoms with Crippen LogP contribution in [0.3, 0.4) is 0 Å². The predicted octanol–water partition coefficient (Wildman–Crippen LogP) is 3.77. The first-order valence-corrected chi connectivity index (χ1v) is 10.5. The third-order valence-corrected chi connectivity index (χ3v) is 5.77. The van der Waals surface area contributed by atoms with E-state index >= 15 is 0 Å². The third kappa shape index (κ3) is 5.52. The van der Waals surface area contributed by atoms with Gasteiger partial charge in [-0.1, -0.05) is 42.6 Å². The van der Waals surface area contributed by atoms with Crippen molar-refractivity contribution in [3.63, 3.8) is 0 Å². The van der Waals surface area contributed by atoms with E-state index in [4.69, 9.17) is 16.3 Å². The number of methoxy groups -OCH3 is 1. The molecule has 0 radical (unpaired) electrons. The largest absolute Gasteiger partial charge is 0.495 e. The van der Waals surface area contributed by atoms with Crippen LogP contribution in [-0.4, -0.2) is 32.0 Å². The Morgan fingerprint density at radius 2 is 1.73 bits per heavy atom. The van der Waals surface area contributed by atoms with Crippen molar-refractivity contribution in [1.82, 2.24) is 10.6 Å². The van der Waals surface area contributed by atoms with Crippen LogP contribution in [-0.2, 0) is 15.1 Å². The highest BCUT2D eigenvalue weighted by Crippen LogP contribution is 2.38. The standard InChI is InChI=1S/C23H28ClN3O3/c1-16-5-10-20(30-2)19(13-16)27-22(29)14-25-21(28)15-26-23(11-3-4-12-23)17-6-8-18(24)9-7-17/h5-10,13,26H,3-4,11-12,14-15H2,1-2H3,(H,25,28)(H,27,29). The van der Waals surface area contributed by atoms with Gasteiger partial charge in [0.05, 0.1) is 25.9 Å². The van der Waals surface area contributed by atoms with Crippen molar-refractivity contribution in [3.05, 3.63) is 58.6 Å². The molecule has 1 fully saturated rings. The van der Waals surface area contributed by atoms with E-state index in [1.54, 1.807) is 13.2 Å². The van der Waals surface area contributed by atoms with Crippen molar-refractivity contribution >= 4 is 29.1 Å². The van der Waals surface area contributed by atoms with Gasteiger partial charge < -0.3 is 15.4 Å². The van der Waals surface area contributed by atoms with E-state index in [2.05, 4.69) is 16.0 Å². The number of anilines is 1. The fraction of sp³-hybridized carbons (Fsp3) is 0.391. The molecule has 0 saturated heterocycles. The molecule has 2 aromatic rings. The van der Waals surface area contributed by atoms with Crippen LogP contribution in [0.1, 0.15) is 36.8 Å². The third-order valence-electron chi connectivity index (χ3n) is 5.52. The fourth-order valence-corrected chi connectivity index (χ4v) is 4.05. The highest BCUT2D eigenvalue weighted by Gasteiger charge is 2.35. The Balaban J connectivity index is 1.52. The zero-order valence-electron chi connectivity index (χ0n) is 17.4. The predicted molar refractivity (Wildman–Crippen MR) is 119 cm³/mol. The molecule has 0 atom stereocenters. The molecule has 0 heterocycles. The number of benzene rings is 2. The van der Waals surface area contributed by atoms with Crippen molar-refractivity contribution in [1.29, 1.82) is 0 Å². The number of halogens is 1. The monoisotopic (exact) mass is 429 g/mol. The molecule has 0 bridgehead atoms. The number of aryl methyl sites for hydroxylation is 1. The van der Waals surface area contributed by atoms with E-state index in [1.165, 1.54) is 0 Å². The molecular weight excluding hydrogens is 402 g/mol. The van der Waals surface area contributed by atoms with Gasteiger partial charge in [0.1, 0.15) is 5.75 Å². The second kappa shape index (κ2) is 9.96. The van der Waals surface area contributed by atoms with E-state index in [0.717, 1.165) is 36.8 Å². The van der Waals surface area contributed by atoms with Gasteiger partial charge in [0.15, 0.2) is 0 Å². The molecule has 7 heteroatoms. The molecule has 2 amide bonds. The number of hydrogen-bond donors (Lipinski definition) is 3. The van der Waals surface area contributed by atoms with Crippen molar-refractivity contribution in [2.45, 2.75) is 38.1 Å². The van der Waals surface area contributed by atoms with Crippen LogP contribution in [0.15, 0.2) is 42.5 Å². The first-order chi connectivity index (χ1) is 14.4. The second-order valence-corrected chi connectivity index (χ2v) is 8.11. The molecule has 0 spiro atoms. The Labute approximate surface area is 182 Å². The van der Waals surface area contributed by atoms with Crippen molar-refractivity contribution in [2.75, 3.05) is 25.5 Å². The number of rotatable bonds is 8. The quantitative estimate of drug-likeness (QED) is 0.596. The van der Waals surface area contributed by atoms with E-state index in [1.807, 2.05) is 43.3 Å².